The fourth-order valence-corrected chi connectivity index (χ4v) is 2.49. The molecule has 0 aliphatic heterocycles. The van der Waals surface area contributed by atoms with Gasteiger partial charge in [0, 0.05) is 17.7 Å². The highest BCUT2D eigenvalue weighted by molar-refractivity contribution is 6.25. The van der Waals surface area contributed by atoms with Crippen LogP contribution in [-0.2, 0) is 11.3 Å². The van der Waals surface area contributed by atoms with Crippen molar-refractivity contribution in [2.75, 3.05) is 7.11 Å². The van der Waals surface area contributed by atoms with Crippen LogP contribution in [0, 0.1) is 0 Å². The van der Waals surface area contributed by atoms with Crippen molar-refractivity contribution in [2.24, 2.45) is 0 Å². The normalized spacial score (nSPS) is 13.9. The van der Waals surface area contributed by atoms with E-state index in [0.29, 0.717) is 17.7 Å². The second-order valence-electron chi connectivity index (χ2n) is 4.95. The van der Waals surface area contributed by atoms with Gasteiger partial charge in [-0.25, -0.2) is 0 Å². The van der Waals surface area contributed by atoms with Crippen LogP contribution in [0.5, 0.6) is 0 Å². The predicted molar refractivity (Wildman–Crippen MR) is 82.4 cm³/mol. The Morgan fingerprint density at radius 1 is 0.864 bits per heavy atom. The SMILES string of the molecule is COC1=C(NCc2ccccc2)C(=O)c2ccccc2C1=O. The number of benzene rings is 2. The molecular weight excluding hydrogens is 278 g/mol. The number of ketones is 2. The van der Waals surface area contributed by atoms with Gasteiger partial charge in [-0.05, 0) is 5.56 Å². The van der Waals surface area contributed by atoms with Gasteiger partial charge in [-0.1, -0.05) is 54.6 Å². The molecular formula is C18H15NO3. The number of methoxy groups -OCH3 is 1. The Morgan fingerprint density at radius 3 is 2.09 bits per heavy atom. The van der Waals surface area contributed by atoms with E-state index < -0.39 is 0 Å². The van der Waals surface area contributed by atoms with Gasteiger partial charge in [-0.2, -0.15) is 0 Å². The molecule has 0 fully saturated rings. The van der Waals surface area contributed by atoms with Crippen molar-refractivity contribution in [3.63, 3.8) is 0 Å². The molecule has 0 amide bonds. The van der Waals surface area contributed by atoms with E-state index in [2.05, 4.69) is 5.32 Å². The number of ether oxygens (including phenoxy) is 1. The Bertz CT molecular complexity index is 763. The van der Waals surface area contributed by atoms with E-state index in [-0.39, 0.29) is 23.0 Å². The van der Waals surface area contributed by atoms with Crippen molar-refractivity contribution in [3.05, 3.63) is 82.7 Å². The van der Waals surface area contributed by atoms with Crippen molar-refractivity contribution < 1.29 is 14.3 Å². The number of carbonyl (C=O) groups excluding carboxylic acids is 2. The zero-order valence-electron chi connectivity index (χ0n) is 12.1. The fraction of sp³-hybridized carbons (Fsp3) is 0.111. The lowest BCUT2D eigenvalue weighted by atomic mass is 9.91. The van der Waals surface area contributed by atoms with Gasteiger partial charge in [0.05, 0.1) is 7.11 Å². The average Bonchev–Trinajstić information content (AvgIpc) is 2.57. The summed E-state index contributed by atoms with van der Waals surface area (Å²) in [7, 11) is 1.40. The summed E-state index contributed by atoms with van der Waals surface area (Å²) in [6, 6.07) is 16.4. The number of hydrogen-bond acceptors (Lipinski definition) is 4. The van der Waals surface area contributed by atoms with Crippen LogP contribution in [0.2, 0.25) is 0 Å². The maximum atomic E-state index is 12.6. The van der Waals surface area contributed by atoms with E-state index in [1.54, 1.807) is 24.3 Å². The van der Waals surface area contributed by atoms with E-state index in [0.717, 1.165) is 5.56 Å². The third-order valence-electron chi connectivity index (χ3n) is 3.59. The molecule has 3 rings (SSSR count). The Morgan fingerprint density at radius 2 is 1.45 bits per heavy atom. The summed E-state index contributed by atoms with van der Waals surface area (Å²) in [4.78, 5) is 25.0. The van der Waals surface area contributed by atoms with E-state index in [1.807, 2.05) is 30.3 Å². The lowest BCUT2D eigenvalue weighted by Gasteiger charge is -2.20. The topological polar surface area (TPSA) is 55.4 Å². The number of carbonyl (C=O) groups is 2. The lowest BCUT2D eigenvalue weighted by Crippen LogP contribution is -2.30. The first-order valence-electron chi connectivity index (χ1n) is 6.97. The molecule has 0 bridgehead atoms. The number of hydrogen-bond donors (Lipinski definition) is 1. The summed E-state index contributed by atoms with van der Waals surface area (Å²) in [5, 5.41) is 3.04. The molecule has 4 nitrogen and oxygen atoms in total. The highest BCUT2D eigenvalue weighted by Gasteiger charge is 2.32. The first-order valence-corrected chi connectivity index (χ1v) is 6.97. The van der Waals surface area contributed by atoms with Crippen molar-refractivity contribution in [2.45, 2.75) is 6.54 Å². The number of nitrogens with one attached hydrogen (secondary N) is 1. The summed E-state index contributed by atoms with van der Waals surface area (Å²) < 4.78 is 5.18. The van der Waals surface area contributed by atoms with Crippen LogP contribution in [0.25, 0.3) is 0 Å². The van der Waals surface area contributed by atoms with Crippen LogP contribution in [0.15, 0.2) is 66.1 Å². The third-order valence-corrected chi connectivity index (χ3v) is 3.59. The summed E-state index contributed by atoms with van der Waals surface area (Å²) in [5.41, 5.74) is 2.03. The van der Waals surface area contributed by atoms with E-state index in [9.17, 15) is 9.59 Å². The number of allylic oxidation sites excluding steroid dienone is 2. The minimum atomic E-state index is -0.270. The van der Waals surface area contributed by atoms with Crippen LogP contribution in [0.4, 0.5) is 0 Å². The van der Waals surface area contributed by atoms with Crippen molar-refractivity contribution in [1.82, 2.24) is 5.32 Å². The minimum absolute atomic E-state index is 0.0691. The molecule has 0 heterocycles. The second kappa shape index (κ2) is 5.85. The molecule has 0 unspecified atom stereocenters. The van der Waals surface area contributed by atoms with Crippen molar-refractivity contribution >= 4 is 11.6 Å². The van der Waals surface area contributed by atoms with Crippen molar-refractivity contribution in [3.8, 4) is 0 Å². The van der Waals surface area contributed by atoms with Gasteiger partial charge in [0.25, 0.3) is 0 Å². The molecule has 1 aliphatic rings. The maximum absolute atomic E-state index is 12.6. The maximum Gasteiger partial charge on any atom is 0.230 e. The van der Waals surface area contributed by atoms with Gasteiger partial charge in [0.2, 0.25) is 11.6 Å². The Balaban J connectivity index is 1.94. The number of Topliss-reactive ketones (excluding diaryl/α,β-unsaturated/α-hetero) is 2. The number of rotatable bonds is 4. The van der Waals surface area contributed by atoms with E-state index in [4.69, 9.17) is 4.74 Å². The van der Waals surface area contributed by atoms with Gasteiger partial charge in [-0.3, -0.25) is 9.59 Å². The molecule has 2 aromatic rings. The molecule has 0 atom stereocenters. The average molecular weight is 293 g/mol. The lowest BCUT2D eigenvalue weighted by molar-refractivity contribution is 0.0899. The Kier molecular flexibility index (Phi) is 3.74. The van der Waals surface area contributed by atoms with E-state index >= 15 is 0 Å². The quantitative estimate of drug-likeness (QED) is 0.941. The van der Waals surface area contributed by atoms with Gasteiger partial charge < -0.3 is 10.1 Å². The first kappa shape index (κ1) is 14.1. The van der Waals surface area contributed by atoms with Gasteiger partial charge in [-0.15, -0.1) is 0 Å². The van der Waals surface area contributed by atoms with Gasteiger partial charge in [0.15, 0.2) is 5.76 Å². The summed E-state index contributed by atoms with van der Waals surface area (Å²) in [6.07, 6.45) is 0. The van der Waals surface area contributed by atoms with Gasteiger partial charge in [0.1, 0.15) is 5.70 Å². The molecule has 1 aliphatic carbocycles. The minimum Gasteiger partial charge on any atom is -0.491 e. The van der Waals surface area contributed by atoms with E-state index in [1.165, 1.54) is 7.11 Å². The standard InChI is InChI=1S/C18H15NO3/c1-22-18-15(19-11-12-7-3-2-4-8-12)16(20)13-9-5-6-10-14(13)17(18)21/h2-10,19H,11H2,1H3. The second-order valence-corrected chi connectivity index (χ2v) is 4.95. The molecule has 4 heteroatoms. The molecule has 0 saturated heterocycles. The van der Waals surface area contributed by atoms with Crippen LogP contribution >= 0.6 is 0 Å². The Labute approximate surface area is 128 Å². The first-order chi connectivity index (χ1) is 10.7. The van der Waals surface area contributed by atoms with Crippen LogP contribution in [-0.4, -0.2) is 18.7 Å². The molecule has 0 aromatic heterocycles. The molecule has 22 heavy (non-hydrogen) atoms. The summed E-state index contributed by atoms with van der Waals surface area (Å²) in [6.45, 7) is 0.449. The molecule has 0 radical (unpaired) electrons. The molecule has 110 valence electrons. The third kappa shape index (κ3) is 2.39. The number of fused-ring (bicyclic) bond motifs is 1. The zero-order chi connectivity index (χ0) is 15.5. The molecule has 2 aromatic carbocycles. The highest BCUT2D eigenvalue weighted by atomic mass is 16.5. The smallest absolute Gasteiger partial charge is 0.230 e. The summed E-state index contributed by atoms with van der Waals surface area (Å²) in [5.74, 6) is -0.420. The highest BCUT2D eigenvalue weighted by Crippen LogP contribution is 2.25. The molecule has 1 N–H and O–H groups in total. The van der Waals surface area contributed by atoms with Gasteiger partial charge >= 0.3 is 0 Å². The fourth-order valence-electron chi connectivity index (χ4n) is 2.49. The monoisotopic (exact) mass is 293 g/mol. The molecule has 0 spiro atoms. The molecule has 0 saturated carbocycles. The Hall–Kier alpha value is -2.88. The predicted octanol–water partition coefficient (Wildman–Crippen LogP) is 2.71. The largest absolute Gasteiger partial charge is 0.491 e. The summed E-state index contributed by atoms with van der Waals surface area (Å²) >= 11 is 0. The van der Waals surface area contributed by atoms with Crippen molar-refractivity contribution in [1.29, 1.82) is 0 Å². The zero-order valence-corrected chi connectivity index (χ0v) is 12.1. The van der Waals surface area contributed by atoms with Crippen LogP contribution in [0.1, 0.15) is 26.3 Å². The van der Waals surface area contributed by atoms with Crippen LogP contribution in [0.3, 0.4) is 0 Å². The van der Waals surface area contributed by atoms with Crippen LogP contribution < -0.4 is 5.32 Å².